The number of halogens is 1. The molecule has 0 aliphatic rings. The van der Waals surface area contributed by atoms with Gasteiger partial charge >= 0.3 is 0 Å². The number of phenols is 1. The van der Waals surface area contributed by atoms with Crippen molar-refractivity contribution in [1.82, 2.24) is 0 Å². The molecule has 0 atom stereocenters. The molecule has 1 N–H and O–H groups in total. The summed E-state index contributed by atoms with van der Waals surface area (Å²) in [6.07, 6.45) is 1.82. The van der Waals surface area contributed by atoms with Crippen LogP contribution in [0.4, 0.5) is 5.69 Å². The van der Waals surface area contributed by atoms with Crippen molar-refractivity contribution in [2.75, 3.05) is 18.0 Å². The maximum Gasteiger partial charge on any atom is 0.124 e. The van der Waals surface area contributed by atoms with Gasteiger partial charge in [-0.3, -0.25) is 0 Å². The molecule has 1 rings (SSSR count). The topological polar surface area (TPSA) is 23.5 Å². The summed E-state index contributed by atoms with van der Waals surface area (Å²) >= 11 is 3.19. The van der Waals surface area contributed by atoms with E-state index in [-0.39, 0.29) is 0 Å². The molecule has 0 bridgehead atoms. The van der Waals surface area contributed by atoms with Crippen molar-refractivity contribution in [3.8, 4) is 5.75 Å². The summed E-state index contributed by atoms with van der Waals surface area (Å²) in [5, 5.41) is 9.76. The van der Waals surface area contributed by atoms with Gasteiger partial charge in [0, 0.05) is 30.4 Å². The molecule has 0 aromatic heterocycles. The first-order valence-electron chi connectivity index (χ1n) is 5.07. The summed E-state index contributed by atoms with van der Waals surface area (Å²) in [7, 11) is 0. The average Bonchev–Trinajstić information content (AvgIpc) is 2.24. The molecule has 0 heterocycles. The average molecular weight is 270 g/mol. The quantitative estimate of drug-likeness (QED) is 0.903. The SMILES string of the molecule is CCN(CC)c1ccc(/C=C/Br)c(O)c1. The second kappa shape index (κ2) is 5.81. The summed E-state index contributed by atoms with van der Waals surface area (Å²) in [5.74, 6) is 0.315. The van der Waals surface area contributed by atoms with E-state index in [4.69, 9.17) is 0 Å². The molecule has 1 aromatic rings. The highest BCUT2D eigenvalue weighted by atomic mass is 79.9. The first-order valence-corrected chi connectivity index (χ1v) is 5.99. The Balaban J connectivity index is 2.99. The molecular formula is C12H16BrNO. The summed E-state index contributed by atoms with van der Waals surface area (Å²) in [6.45, 7) is 6.10. The minimum absolute atomic E-state index is 0.315. The van der Waals surface area contributed by atoms with Gasteiger partial charge in [0.2, 0.25) is 0 Å². The molecule has 0 amide bonds. The van der Waals surface area contributed by atoms with Crippen molar-refractivity contribution >= 4 is 27.7 Å². The van der Waals surface area contributed by atoms with Crippen molar-refractivity contribution in [3.05, 3.63) is 28.7 Å². The largest absolute Gasteiger partial charge is 0.507 e. The molecule has 2 nitrogen and oxygen atoms in total. The van der Waals surface area contributed by atoms with Crippen LogP contribution in [-0.2, 0) is 0 Å². The third kappa shape index (κ3) is 2.99. The van der Waals surface area contributed by atoms with Crippen LogP contribution in [0, 0.1) is 0 Å². The molecular weight excluding hydrogens is 254 g/mol. The molecule has 15 heavy (non-hydrogen) atoms. The fourth-order valence-electron chi connectivity index (χ4n) is 1.53. The van der Waals surface area contributed by atoms with Crippen LogP contribution in [0.5, 0.6) is 5.75 Å². The molecule has 0 fully saturated rings. The Bertz CT molecular complexity index is 345. The van der Waals surface area contributed by atoms with Gasteiger partial charge in [-0.05, 0) is 37.0 Å². The maximum atomic E-state index is 9.76. The summed E-state index contributed by atoms with van der Waals surface area (Å²) < 4.78 is 0. The lowest BCUT2D eigenvalue weighted by Crippen LogP contribution is -2.21. The number of benzene rings is 1. The minimum Gasteiger partial charge on any atom is -0.507 e. The molecule has 0 spiro atoms. The molecule has 3 heteroatoms. The Labute approximate surface area is 99.4 Å². The normalized spacial score (nSPS) is 10.9. The minimum atomic E-state index is 0.315. The van der Waals surface area contributed by atoms with Crippen molar-refractivity contribution < 1.29 is 5.11 Å². The van der Waals surface area contributed by atoms with E-state index in [2.05, 4.69) is 34.7 Å². The van der Waals surface area contributed by atoms with Crippen molar-refractivity contribution in [3.63, 3.8) is 0 Å². The van der Waals surface area contributed by atoms with Gasteiger partial charge in [0.15, 0.2) is 0 Å². The predicted octanol–water partition coefficient (Wildman–Crippen LogP) is 3.60. The van der Waals surface area contributed by atoms with Crippen LogP contribution in [0.15, 0.2) is 23.2 Å². The Morgan fingerprint density at radius 3 is 2.47 bits per heavy atom. The lowest BCUT2D eigenvalue weighted by atomic mass is 10.1. The second-order valence-electron chi connectivity index (χ2n) is 3.21. The summed E-state index contributed by atoms with van der Waals surface area (Å²) in [5.41, 5.74) is 1.88. The number of nitrogens with zero attached hydrogens (tertiary/aromatic N) is 1. The van der Waals surface area contributed by atoms with Crippen molar-refractivity contribution in [2.24, 2.45) is 0 Å². The Morgan fingerprint density at radius 2 is 2.00 bits per heavy atom. The number of phenolic OH excluding ortho intramolecular Hbond substituents is 1. The molecule has 0 radical (unpaired) electrons. The van der Waals surface area contributed by atoms with Crippen LogP contribution in [0.2, 0.25) is 0 Å². The molecule has 0 aliphatic heterocycles. The number of anilines is 1. The molecule has 0 unspecified atom stereocenters. The zero-order chi connectivity index (χ0) is 11.3. The third-order valence-electron chi connectivity index (χ3n) is 2.39. The molecule has 82 valence electrons. The van der Waals surface area contributed by atoms with Crippen molar-refractivity contribution in [1.29, 1.82) is 0 Å². The fraction of sp³-hybridized carbons (Fsp3) is 0.333. The molecule has 0 aliphatic carbocycles. The highest BCUT2D eigenvalue weighted by molar-refractivity contribution is 9.11. The number of hydrogen-bond acceptors (Lipinski definition) is 2. The van der Waals surface area contributed by atoms with Crippen LogP contribution in [0.3, 0.4) is 0 Å². The predicted molar refractivity (Wildman–Crippen MR) is 69.6 cm³/mol. The van der Waals surface area contributed by atoms with Gasteiger partial charge in [0.05, 0.1) is 0 Å². The van der Waals surface area contributed by atoms with E-state index >= 15 is 0 Å². The number of rotatable bonds is 4. The molecule has 0 saturated heterocycles. The van der Waals surface area contributed by atoms with Gasteiger partial charge in [-0.25, -0.2) is 0 Å². The van der Waals surface area contributed by atoms with Gasteiger partial charge in [-0.1, -0.05) is 15.9 Å². The molecule has 1 aromatic carbocycles. The number of aromatic hydroxyl groups is 1. The van der Waals surface area contributed by atoms with E-state index in [1.807, 2.05) is 18.2 Å². The van der Waals surface area contributed by atoms with E-state index < -0.39 is 0 Å². The Morgan fingerprint density at radius 1 is 1.33 bits per heavy atom. The second-order valence-corrected chi connectivity index (χ2v) is 3.74. The highest BCUT2D eigenvalue weighted by Gasteiger charge is 2.04. The third-order valence-corrected chi connectivity index (χ3v) is 2.65. The fourth-order valence-corrected chi connectivity index (χ4v) is 1.81. The van der Waals surface area contributed by atoms with E-state index in [1.54, 1.807) is 11.1 Å². The van der Waals surface area contributed by atoms with Crippen LogP contribution in [0.1, 0.15) is 19.4 Å². The Kier molecular flexibility index (Phi) is 4.69. The van der Waals surface area contributed by atoms with E-state index in [0.717, 1.165) is 24.3 Å². The van der Waals surface area contributed by atoms with Crippen LogP contribution in [-0.4, -0.2) is 18.2 Å². The zero-order valence-corrected chi connectivity index (χ0v) is 10.7. The van der Waals surface area contributed by atoms with E-state index in [9.17, 15) is 5.11 Å². The van der Waals surface area contributed by atoms with Crippen LogP contribution < -0.4 is 4.90 Å². The molecule has 0 saturated carbocycles. The van der Waals surface area contributed by atoms with Crippen LogP contribution in [0.25, 0.3) is 6.08 Å². The van der Waals surface area contributed by atoms with Gasteiger partial charge in [-0.15, -0.1) is 0 Å². The van der Waals surface area contributed by atoms with Gasteiger partial charge in [0.25, 0.3) is 0 Å². The highest BCUT2D eigenvalue weighted by Crippen LogP contribution is 2.25. The lowest BCUT2D eigenvalue weighted by molar-refractivity contribution is 0.474. The smallest absolute Gasteiger partial charge is 0.124 e. The summed E-state index contributed by atoms with van der Waals surface area (Å²) in [4.78, 5) is 3.93. The first-order chi connectivity index (χ1) is 7.22. The zero-order valence-electron chi connectivity index (χ0n) is 9.07. The lowest BCUT2D eigenvalue weighted by Gasteiger charge is -2.21. The van der Waals surface area contributed by atoms with Crippen LogP contribution >= 0.6 is 15.9 Å². The summed E-state index contributed by atoms with van der Waals surface area (Å²) in [6, 6.07) is 5.74. The first kappa shape index (κ1) is 12.1. The van der Waals surface area contributed by atoms with Gasteiger partial charge < -0.3 is 10.0 Å². The number of hydrogen-bond donors (Lipinski definition) is 1. The monoisotopic (exact) mass is 269 g/mol. The standard InChI is InChI=1S/C12H16BrNO/c1-3-14(4-2)11-6-5-10(7-8-13)12(15)9-11/h5-9,15H,3-4H2,1-2H3/b8-7+. The van der Waals surface area contributed by atoms with Crippen molar-refractivity contribution in [2.45, 2.75) is 13.8 Å². The van der Waals surface area contributed by atoms with E-state index in [0.29, 0.717) is 5.75 Å². The van der Waals surface area contributed by atoms with Gasteiger partial charge in [0.1, 0.15) is 5.75 Å². The Hall–Kier alpha value is -0.960. The van der Waals surface area contributed by atoms with Gasteiger partial charge in [-0.2, -0.15) is 0 Å². The maximum absolute atomic E-state index is 9.76. The van der Waals surface area contributed by atoms with E-state index in [1.165, 1.54) is 0 Å².